The van der Waals surface area contributed by atoms with E-state index in [4.69, 9.17) is 9.47 Å². The van der Waals surface area contributed by atoms with Crippen molar-refractivity contribution < 1.29 is 19.9 Å². The molecule has 0 aliphatic carbocycles. The van der Waals surface area contributed by atoms with Gasteiger partial charge in [0, 0.05) is 16.6 Å². The summed E-state index contributed by atoms with van der Waals surface area (Å²) in [7, 11) is 0. The molecule has 0 aromatic heterocycles. The topological polar surface area (TPSA) is 65.4 Å². The van der Waals surface area contributed by atoms with E-state index >= 15 is 0 Å². The minimum Gasteiger partial charge on any atom is -0.376 e. The Labute approximate surface area is 159 Å². The molecule has 2 aliphatic heterocycles. The Hall–Kier alpha value is -0.240. The number of ether oxygens (including phenoxy) is 2. The molecule has 2 unspecified atom stereocenters. The summed E-state index contributed by atoms with van der Waals surface area (Å²) in [6.45, 7) is 17.4. The van der Waals surface area contributed by atoms with E-state index in [1.165, 1.54) is 10.1 Å². The van der Waals surface area contributed by atoms with Gasteiger partial charge < -0.3 is 19.9 Å². The highest BCUT2D eigenvalue weighted by Crippen LogP contribution is 2.41. The van der Waals surface area contributed by atoms with Crippen molar-refractivity contribution in [2.24, 2.45) is 0 Å². The zero-order valence-electron chi connectivity index (χ0n) is 18.0. The van der Waals surface area contributed by atoms with Crippen LogP contribution in [0.5, 0.6) is 0 Å². The fourth-order valence-corrected chi connectivity index (χ4v) is 4.70. The van der Waals surface area contributed by atoms with Crippen molar-refractivity contribution >= 4 is 0 Å². The largest absolute Gasteiger partial charge is 0.376 e. The van der Waals surface area contributed by atoms with E-state index in [-0.39, 0.29) is 28.8 Å². The van der Waals surface area contributed by atoms with Crippen LogP contribution in [0.25, 0.3) is 0 Å². The van der Waals surface area contributed by atoms with Gasteiger partial charge in [-0.1, -0.05) is 0 Å². The molecule has 0 bridgehead atoms. The summed E-state index contributed by atoms with van der Waals surface area (Å²) in [4.78, 5) is 0. The van der Waals surface area contributed by atoms with Crippen molar-refractivity contribution in [1.82, 2.24) is 10.1 Å². The molecule has 2 atom stereocenters. The van der Waals surface area contributed by atoms with Gasteiger partial charge in [0.05, 0.1) is 31.0 Å². The highest BCUT2D eigenvalue weighted by molar-refractivity contribution is 5.03. The van der Waals surface area contributed by atoms with E-state index in [0.29, 0.717) is 13.2 Å². The second-order valence-electron chi connectivity index (χ2n) is 10.5. The Morgan fingerprint density at radius 3 is 1.85 bits per heavy atom. The molecule has 0 aromatic rings. The Morgan fingerprint density at radius 2 is 1.31 bits per heavy atom. The second kappa shape index (κ2) is 7.30. The molecule has 2 N–H and O–H groups in total. The predicted octanol–water partition coefficient (Wildman–Crippen LogP) is 3.84. The van der Waals surface area contributed by atoms with Gasteiger partial charge in [0.1, 0.15) is 0 Å². The molecule has 0 amide bonds. The highest BCUT2D eigenvalue weighted by Gasteiger charge is 2.52. The molecule has 2 saturated heterocycles. The minimum atomic E-state index is -0.408. The average Bonchev–Trinajstić information content (AvgIpc) is 2.61. The minimum absolute atomic E-state index is 0.0245. The molecule has 0 aromatic carbocycles. The van der Waals surface area contributed by atoms with Crippen molar-refractivity contribution in [3.8, 4) is 0 Å². The SMILES string of the molecule is CC1(C)CCC(OCCOC2CC(C)(C)N(O)C2(C)C)CC(C)(C)N1O. The lowest BCUT2D eigenvalue weighted by molar-refractivity contribution is -0.223. The normalized spacial score (nSPS) is 33.9. The van der Waals surface area contributed by atoms with E-state index in [1.807, 2.05) is 27.7 Å². The van der Waals surface area contributed by atoms with Crippen LogP contribution in [0.4, 0.5) is 0 Å². The molecule has 2 heterocycles. The first-order valence-electron chi connectivity index (χ1n) is 9.92. The number of hydrogen-bond acceptors (Lipinski definition) is 6. The van der Waals surface area contributed by atoms with Gasteiger partial charge in [0.15, 0.2) is 0 Å². The van der Waals surface area contributed by atoms with Crippen molar-refractivity contribution in [3.05, 3.63) is 0 Å². The summed E-state index contributed by atoms with van der Waals surface area (Å²) < 4.78 is 12.2. The molecular weight excluding hydrogens is 332 g/mol. The maximum Gasteiger partial charge on any atom is 0.0795 e. The Kier molecular flexibility index (Phi) is 6.19. The average molecular weight is 373 g/mol. The molecule has 2 rings (SSSR count). The van der Waals surface area contributed by atoms with Crippen LogP contribution in [0.1, 0.15) is 81.1 Å². The summed E-state index contributed by atoms with van der Waals surface area (Å²) in [6, 6.07) is 0. The molecule has 26 heavy (non-hydrogen) atoms. The molecule has 0 saturated carbocycles. The van der Waals surface area contributed by atoms with E-state index in [1.54, 1.807) is 0 Å². The zero-order valence-corrected chi connectivity index (χ0v) is 18.0. The van der Waals surface area contributed by atoms with Gasteiger partial charge in [-0.15, -0.1) is 0 Å². The van der Waals surface area contributed by atoms with Crippen LogP contribution in [-0.4, -0.2) is 68.1 Å². The second-order valence-corrected chi connectivity index (χ2v) is 10.5. The third-order valence-corrected chi connectivity index (χ3v) is 6.30. The van der Waals surface area contributed by atoms with Crippen LogP contribution in [0.2, 0.25) is 0 Å². The van der Waals surface area contributed by atoms with Crippen molar-refractivity contribution in [3.63, 3.8) is 0 Å². The molecule has 154 valence electrons. The summed E-state index contributed by atoms with van der Waals surface area (Å²) in [5, 5.41) is 23.8. The van der Waals surface area contributed by atoms with E-state index in [9.17, 15) is 10.4 Å². The van der Waals surface area contributed by atoms with Crippen molar-refractivity contribution in [1.29, 1.82) is 0 Å². The van der Waals surface area contributed by atoms with Gasteiger partial charge in [-0.2, -0.15) is 10.1 Å². The van der Waals surface area contributed by atoms with Crippen LogP contribution in [0, 0.1) is 0 Å². The Balaban J connectivity index is 1.83. The van der Waals surface area contributed by atoms with Gasteiger partial charge in [0.2, 0.25) is 0 Å². The van der Waals surface area contributed by atoms with E-state index in [2.05, 4.69) is 27.7 Å². The van der Waals surface area contributed by atoms with Crippen molar-refractivity contribution in [2.45, 2.75) is 115 Å². The summed E-state index contributed by atoms with van der Waals surface area (Å²) in [6.07, 6.45) is 3.50. The fourth-order valence-electron chi connectivity index (χ4n) is 4.70. The number of rotatable bonds is 5. The van der Waals surface area contributed by atoms with Crippen molar-refractivity contribution in [2.75, 3.05) is 13.2 Å². The first-order chi connectivity index (χ1) is 11.7. The van der Waals surface area contributed by atoms with Gasteiger partial charge in [0.25, 0.3) is 0 Å². The Bertz CT molecular complexity index is 490. The van der Waals surface area contributed by atoms with Gasteiger partial charge in [-0.3, -0.25) is 0 Å². The number of hydrogen-bond donors (Lipinski definition) is 2. The lowest BCUT2D eigenvalue weighted by Crippen LogP contribution is -2.52. The van der Waals surface area contributed by atoms with Crippen LogP contribution >= 0.6 is 0 Å². The maximum absolute atomic E-state index is 10.5. The molecule has 0 radical (unpaired) electrons. The fraction of sp³-hybridized carbons (Fsp3) is 1.00. The maximum atomic E-state index is 10.5. The third-order valence-electron chi connectivity index (χ3n) is 6.30. The number of nitrogens with zero attached hydrogens (tertiary/aromatic N) is 2. The third kappa shape index (κ3) is 4.42. The van der Waals surface area contributed by atoms with Crippen LogP contribution < -0.4 is 0 Å². The molecule has 2 fully saturated rings. The Morgan fingerprint density at radius 1 is 0.769 bits per heavy atom. The van der Waals surface area contributed by atoms with Crippen LogP contribution in [0.15, 0.2) is 0 Å². The highest BCUT2D eigenvalue weighted by atomic mass is 16.6. The predicted molar refractivity (Wildman–Crippen MR) is 102 cm³/mol. The summed E-state index contributed by atoms with van der Waals surface area (Å²) in [5.74, 6) is 0. The molecular formula is C20H40N2O4. The van der Waals surface area contributed by atoms with E-state index < -0.39 is 5.54 Å². The zero-order chi connectivity index (χ0) is 20.0. The smallest absolute Gasteiger partial charge is 0.0795 e. The lowest BCUT2D eigenvalue weighted by atomic mass is 9.95. The number of hydroxylamine groups is 4. The van der Waals surface area contributed by atoms with Gasteiger partial charge >= 0.3 is 0 Å². The monoisotopic (exact) mass is 372 g/mol. The summed E-state index contributed by atoms with van der Waals surface area (Å²) >= 11 is 0. The van der Waals surface area contributed by atoms with Gasteiger partial charge in [-0.25, -0.2) is 0 Å². The molecule has 2 aliphatic rings. The molecule has 0 spiro atoms. The lowest BCUT2D eigenvalue weighted by Gasteiger charge is -2.42. The standard InChI is InChI=1S/C20H40N2O4/c1-17(2)10-9-15(13-18(3,4)21(17)23)25-11-12-26-16-14-19(5,6)22(24)20(16,7)8/h15-16,23-24H,9-14H2,1-8H3. The van der Waals surface area contributed by atoms with E-state index in [0.717, 1.165) is 25.7 Å². The molecule has 6 nitrogen and oxygen atoms in total. The van der Waals surface area contributed by atoms with Crippen LogP contribution in [-0.2, 0) is 9.47 Å². The quantitative estimate of drug-likeness (QED) is 0.715. The first-order valence-corrected chi connectivity index (χ1v) is 9.92. The summed E-state index contributed by atoms with van der Waals surface area (Å²) in [5.41, 5.74) is -1.26. The van der Waals surface area contributed by atoms with Crippen LogP contribution in [0.3, 0.4) is 0 Å². The first kappa shape index (κ1) is 22.1. The molecule has 6 heteroatoms. The van der Waals surface area contributed by atoms with Gasteiger partial charge in [-0.05, 0) is 81.1 Å².